The molecule has 2 fully saturated rings. The van der Waals surface area contributed by atoms with Crippen LogP contribution in [0.4, 0.5) is 26.7 Å². The van der Waals surface area contributed by atoms with Crippen LogP contribution in [-0.4, -0.2) is 51.2 Å². The number of urea groups is 1. The molecule has 11 heteroatoms. The standard InChI is InChI=1S/C17H21F2N5O.C2H6.CHF3/c18-17(19)3-1-12(2-4-17)7-14-11-24-15(22-14)8-13(9-21-24)10-23-6-5-20-16(23)25;1-2;2-1(3)4/h8-9,11-12H,1-7,10H2,(H,20,25);1-2H3;1H. The third-order valence-electron chi connectivity index (χ3n) is 5.08. The minimum Gasteiger partial charge on any atom is -0.336 e. The molecular formula is C20H28F5N5O. The molecule has 2 aliphatic rings. The Morgan fingerprint density at radius 3 is 2.45 bits per heavy atom. The number of aromatic nitrogens is 3. The van der Waals surface area contributed by atoms with Gasteiger partial charge in [-0.05, 0) is 36.8 Å². The fourth-order valence-electron chi connectivity index (χ4n) is 3.63. The highest BCUT2D eigenvalue weighted by molar-refractivity contribution is 5.76. The smallest absolute Gasteiger partial charge is 0.336 e. The van der Waals surface area contributed by atoms with Crippen molar-refractivity contribution >= 4 is 11.7 Å². The minimum atomic E-state index is -3.67. The highest BCUT2D eigenvalue weighted by Crippen LogP contribution is 2.37. The number of nitrogens with one attached hydrogen (secondary N) is 1. The zero-order valence-electron chi connectivity index (χ0n) is 17.6. The van der Waals surface area contributed by atoms with E-state index < -0.39 is 12.6 Å². The lowest BCUT2D eigenvalue weighted by atomic mass is 9.84. The second-order valence-corrected chi connectivity index (χ2v) is 7.30. The van der Waals surface area contributed by atoms with E-state index in [0.717, 1.165) is 16.9 Å². The molecule has 0 bridgehead atoms. The lowest BCUT2D eigenvalue weighted by molar-refractivity contribution is -0.0457. The van der Waals surface area contributed by atoms with Gasteiger partial charge in [-0.2, -0.15) is 18.3 Å². The maximum Gasteiger partial charge on any atom is 0.379 e. The quantitative estimate of drug-likeness (QED) is 0.681. The van der Waals surface area contributed by atoms with E-state index in [-0.39, 0.29) is 24.8 Å². The first-order valence-corrected chi connectivity index (χ1v) is 10.4. The number of imidazole rings is 1. The van der Waals surface area contributed by atoms with Gasteiger partial charge in [0.05, 0.1) is 18.1 Å². The molecule has 1 aliphatic carbocycles. The number of alkyl halides is 5. The summed E-state index contributed by atoms with van der Waals surface area (Å²) >= 11 is 0. The number of nitrogens with zero attached hydrogens (tertiary/aromatic N) is 4. The first-order valence-electron chi connectivity index (χ1n) is 10.4. The molecule has 2 amide bonds. The van der Waals surface area contributed by atoms with E-state index in [1.165, 1.54) is 0 Å². The summed E-state index contributed by atoms with van der Waals surface area (Å²) in [6, 6.07) is 1.87. The molecule has 2 aromatic heterocycles. The van der Waals surface area contributed by atoms with Crippen LogP contribution in [0.25, 0.3) is 5.65 Å². The Balaban J connectivity index is 0.000000513. The summed E-state index contributed by atoms with van der Waals surface area (Å²) in [6.45, 7) is 2.20. The molecule has 0 radical (unpaired) electrons. The number of rotatable bonds is 4. The molecule has 0 unspecified atom stereocenters. The predicted molar refractivity (Wildman–Crippen MR) is 106 cm³/mol. The molecule has 6 nitrogen and oxygen atoms in total. The lowest BCUT2D eigenvalue weighted by Gasteiger charge is -2.27. The largest absolute Gasteiger partial charge is 0.379 e. The fraction of sp³-hybridized carbons (Fsp3) is 0.650. The molecule has 4 rings (SSSR count). The van der Waals surface area contributed by atoms with Crippen molar-refractivity contribution in [1.82, 2.24) is 24.8 Å². The predicted octanol–water partition coefficient (Wildman–Crippen LogP) is 4.83. The summed E-state index contributed by atoms with van der Waals surface area (Å²) in [5.74, 6) is -2.23. The van der Waals surface area contributed by atoms with Crippen LogP contribution >= 0.6 is 0 Å². The minimum absolute atomic E-state index is 0.0225. The highest BCUT2D eigenvalue weighted by Gasteiger charge is 2.35. The van der Waals surface area contributed by atoms with Gasteiger partial charge in [-0.1, -0.05) is 13.8 Å². The summed E-state index contributed by atoms with van der Waals surface area (Å²) in [7, 11) is 0. The van der Waals surface area contributed by atoms with Crippen LogP contribution in [0.3, 0.4) is 0 Å². The Bertz CT molecular complexity index is 832. The van der Waals surface area contributed by atoms with Gasteiger partial charge < -0.3 is 10.2 Å². The lowest BCUT2D eigenvalue weighted by Crippen LogP contribution is -2.27. The molecule has 0 atom stereocenters. The topological polar surface area (TPSA) is 62.5 Å². The number of halogens is 5. The number of hydrogen-bond donors (Lipinski definition) is 1. The van der Waals surface area contributed by atoms with Gasteiger partial charge in [0.15, 0.2) is 5.65 Å². The molecule has 2 aromatic rings. The Hall–Kier alpha value is -2.46. The second kappa shape index (κ2) is 11.2. The summed E-state index contributed by atoms with van der Waals surface area (Å²) in [4.78, 5) is 18.0. The van der Waals surface area contributed by atoms with E-state index in [1.807, 2.05) is 26.1 Å². The van der Waals surface area contributed by atoms with Gasteiger partial charge in [0, 0.05) is 32.5 Å². The summed E-state index contributed by atoms with van der Waals surface area (Å²) in [6.07, 6.45) is 5.37. The maximum atomic E-state index is 13.3. The van der Waals surface area contributed by atoms with Crippen LogP contribution in [0.2, 0.25) is 0 Å². The normalized spacial score (nSPS) is 18.3. The third kappa shape index (κ3) is 7.62. The SMILES string of the molecule is CC.FC(F)F.O=C1NCCN1Cc1cnn2cc(CC3CCC(F)(F)CC3)nc2c1. The Labute approximate surface area is 177 Å². The van der Waals surface area contributed by atoms with Crippen molar-refractivity contribution in [3.05, 3.63) is 29.7 Å². The van der Waals surface area contributed by atoms with E-state index in [2.05, 4.69) is 15.4 Å². The number of carbonyl (C=O) groups excluding carboxylic acids is 1. The fourth-order valence-corrected chi connectivity index (χ4v) is 3.63. The maximum absolute atomic E-state index is 13.3. The second-order valence-electron chi connectivity index (χ2n) is 7.30. The van der Waals surface area contributed by atoms with Gasteiger partial charge in [-0.3, -0.25) is 0 Å². The number of hydrogen-bond acceptors (Lipinski definition) is 3. The van der Waals surface area contributed by atoms with Crippen molar-refractivity contribution in [3.63, 3.8) is 0 Å². The van der Waals surface area contributed by atoms with Gasteiger partial charge in [0.2, 0.25) is 5.92 Å². The van der Waals surface area contributed by atoms with E-state index >= 15 is 0 Å². The van der Waals surface area contributed by atoms with Crippen molar-refractivity contribution in [2.24, 2.45) is 5.92 Å². The van der Waals surface area contributed by atoms with Gasteiger partial charge in [0.1, 0.15) is 0 Å². The van der Waals surface area contributed by atoms with E-state index in [9.17, 15) is 26.7 Å². The summed E-state index contributed by atoms with van der Waals surface area (Å²) in [5.41, 5.74) is 2.55. The van der Waals surface area contributed by atoms with E-state index in [4.69, 9.17) is 0 Å². The van der Waals surface area contributed by atoms with Crippen LogP contribution < -0.4 is 5.32 Å². The van der Waals surface area contributed by atoms with Crippen LogP contribution in [0, 0.1) is 5.92 Å². The molecule has 31 heavy (non-hydrogen) atoms. The van der Waals surface area contributed by atoms with Gasteiger partial charge in [-0.15, -0.1) is 0 Å². The van der Waals surface area contributed by atoms with Crippen molar-refractivity contribution in [1.29, 1.82) is 0 Å². The van der Waals surface area contributed by atoms with Gasteiger partial charge in [-0.25, -0.2) is 23.1 Å². The molecular weight excluding hydrogens is 421 g/mol. The van der Waals surface area contributed by atoms with Gasteiger partial charge in [0.25, 0.3) is 0 Å². The first kappa shape index (κ1) is 24.8. The van der Waals surface area contributed by atoms with Crippen molar-refractivity contribution in [2.75, 3.05) is 13.1 Å². The Kier molecular flexibility index (Phi) is 9.00. The average Bonchev–Trinajstić information content (AvgIpc) is 3.30. The van der Waals surface area contributed by atoms with E-state index in [1.54, 1.807) is 15.6 Å². The molecule has 174 valence electrons. The number of amides is 2. The Morgan fingerprint density at radius 2 is 1.87 bits per heavy atom. The Morgan fingerprint density at radius 1 is 1.23 bits per heavy atom. The van der Waals surface area contributed by atoms with Crippen LogP contribution in [0.15, 0.2) is 18.5 Å². The van der Waals surface area contributed by atoms with Crippen LogP contribution in [0.5, 0.6) is 0 Å². The summed E-state index contributed by atoms with van der Waals surface area (Å²) in [5, 5.41) is 7.14. The van der Waals surface area contributed by atoms with Crippen LogP contribution in [0.1, 0.15) is 50.8 Å². The zero-order chi connectivity index (χ0) is 23.0. The van der Waals surface area contributed by atoms with Crippen LogP contribution in [-0.2, 0) is 13.0 Å². The molecule has 0 spiro atoms. The molecule has 1 N–H and O–H groups in total. The highest BCUT2D eigenvalue weighted by atomic mass is 19.4. The number of carbonyl (C=O) groups is 1. The third-order valence-corrected chi connectivity index (χ3v) is 5.08. The number of fused-ring (bicyclic) bond motifs is 1. The zero-order valence-corrected chi connectivity index (χ0v) is 17.6. The molecule has 1 saturated heterocycles. The van der Waals surface area contributed by atoms with Crippen molar-refractivity contribution < 1.29 is 26.7 Å². The summed E-state index contributed by atoms with van der Waals surface area (Å²) < 4.78 is 57.2. The average molecular weight is 449 g/mol. The van der Waals surface area contributed by atoms with E-state index in [0.29, 0.717) is 38.9 Å². The van der Waals surface area contributed by atoms with Gasteiger partial charge >= 0.3 is 12.7 Å². The van der Waals surface area contributed by atoms with Crippen molar-refractivity contribution in [3.8, 4) is 0 Å². The molecule has 3 heterocycles. The monoisotopic (exact) mass is 449 g/mol. The molecule has 1 saturated carbocycles. The van der Waals surface area contributed by atoms with Crippen molar-refractivity contribution in [2.45, 2.75) is 65.1 Å². The molecule has 0 aromatic carbocycles. The first-order chi connectivity index (χ1) is 14.7. The molecule has 1 aliphatic heterocycles.